The van der Waals surface area contributed by atoms with E-state index in [2.05, 4.69) is 50.8 Å². The number of hydrogen-bond donors (Lipinski definition) is 3. The number of piperidine rings is 1. The number of alkyl halides is 9. The number of carboxylic acid groups (broad SMARTS) is 3. The molecular weight excluding hydrogens is 669 g/mol. The molecule has 46 heavy (non-hydrogen) atoms. The van der Waals surface area contributed by atoms with Gasteiger partial charge in [0, 0.05) is 44.6 Å². The number of hydrogen-bond acceptors (Lipinski definition) is 8. The molecule has 1 spiro atoms. The number of ether oxygens (including phenoxy) is 1. The van der Waals surface area contributed by atoms with E-state index >= 15 is 0 Å². The largest absolute Gasteiger partial charge is 0.490 e. The summed E-state index contributed by atoms with van der Waals surface area (Å²) in [4.78, 5) is 35.8. The zero-order valence-electron chi connectivity index (χ0n) is 23.9. The van der Waals surface area contributed by atoms with Gasteiger partial charge in [0.15, 0.2) is 0 Å². The van der Waals surface area contributed by atoms with Crippen molar-refractivity contribution in [3.63, 3.8) is 0 Å². The predicted octanol–water partition coefficient (Wildman–Crippen LogP) is 5.30. The Kier molecular flexibility index (Phi) is 15.4. The van der Waals surface area contributed by atoms with E-state index in [1.165, 1.54) is 17.5 Å². The quantitative estimate of drug-likeness (QED) is 0.353. The molecule has 0 radical (unpaired) electrons. The van der Waals surface area contributed by atoms with Crippen LogP contribution in [0.5, 0.6) is 0 Å². The molecule has 0 amide bonds. The maximum atomic E-state index is 10.6. The molecule has 0 aliphatic carbocycles. The van der Waals surface area contributed by atoms with Crippen LogP contribution in [0.3, 0.4) is 0 Å². The number of rotatable bonds is 5. The zero-order valence-corrected chi connectivity index (χ0v) is 24.7. The Morgan fingerprint density at radius 1 is 0.891 bits per heavy atom. The first kappa shape index (κ1) is 40.5. The third kappa shape index (κ3) is 15.2. The van der Waals surface area contributed by atoms with Crippen LogP contribution in [-0.4, -0.2) is 105 Å². The van der Waals surface area contributed by atoms with Crippen molar-refractivity contribution in [3.8, 4) is 0 Å². The molecule has 0 bridgehead atoms. The standard InChI is InChI=1S/C20H27N3OS.3C2HF3O2/c1-22(13-17-2-7-21-8-3-17)19-12-20(24-15-19)5-9-23(10-6-20)14-18-4-11-25-16-18;3*3-2(4,5)1(6)7/h2-4,7-8,11,16,19H,5-6,9-10,12-15H2,1H3;3*(H,6,7). The Hall–Kier alpha value is -3.49. The summed E-state index contributed by atoms with van der Waals surface area (Å²) < 4.78 is 102. The molecule has 4 rings (SSSR count). The number of carboxylic acids is 3. The van der Waals surface area contributed by atoms with Crippen molar-refractivity contribution < 1.29 is 74.0 Å². The van der Waals surface area contributed by atoms with Gasteiger partial charge in [-0.15, -0.1) is 0 Å². The second kappa shape index (κ2) is 17.4. The number of likely N-dealkylation sites (tertiary alicyclic amines) is 1. The normalized spacial score (nSPS) is 17.9. The average molecular weight is 700 g/mol. The van der Waals surface area contributed by atoms with Gasteiger partial charge in [0.1, 0.15) is 0 Å². The molecule has 260 valence electrons. The molecule has 0 aromatic carbocycles. The number of nitrogens with zero attached hydrogens (tertiary/aromatic N) is 3. The maximum absolute atomic E-state index is 10.6. The summed E-state index contributed by atoms with van der Waals surface area (Å²) in [7, 11) is 2.22. The van der Waals surface area contributed by atoms with Gasteiger partial charge in [-0.25, -0.2) is 14.4 Å². The number of aromatic nitrogens is 1. The van der Waals surface area contributed by atoms with E-state index in [4.69, 9.17) is 34.4 Å². The first-order valence-corrected chi connectivity index (χ1v) is 13.9. The first-order valence-electron chi connectivity index (χ1n) is 12.9. The molecule has 20 heteroatoms. The van der Waals surface area contributed by atoms with Crippen LogP contribution in [0.15, 0.2) is 41.4 Å². The summed E-state index contributed by atoms with van der Waals surface area (Å²) in [5.74, 6) is -8.27. The summed E-state index contributed by atoms with van der Waals surface area (Å²) in [6, 6.07) is 6.97. The van der Waals surface area contributed by atoms with Crippen LogP contribution in [0.1, 0.15) is 30.4 Å². The van der Waals surface area contributed by atoms with E-state index in [0.717, 1.165) is 45.6 Å². The van der Waals surface area contributed by atoms with Crippen molar-refractivity contribution in [3.05, 3.63) is 52.5 Å². The summed E-state index contributed by atoms with van der Waals surface area (Å²) in [6.45, 7) is 5.22. The van der Waals surface area contributed by atoms with Crippen LogP contribution >= 0.6 is 11.3 Å². The minimum absolute atomic E-state index is 0.113. The fourth-order valence-corrected chi connectivity index (χ4v) is 4.78. The van der Waals surface area contributed by atoms with Crippen LogP contribution in [0, 0.1) is 0 Å². The number of halogens is 9. The van der Waals surface area contributed by atoms with Gasteiger partial charge in [-0.1, -0.05) is 0 Å². The van der Waals surface area contributed by atoms with Crippen LogP contribution in [0.2, 0.25) is 0 Å². The van der Waals surface area contributed by atoms with Crippen molar-refractivity contribution >= 4 is 29.2 Å². The molecule has 2 aliphatic rings. The first-order chi connectivity index (χ1) is 21.1. The van der Waals surface area contributed by atoms with E-state index in [9.17, 15) is 39.5 Å². The van der Waals surface area contributed by atoms with Gasteiger partial charge in [-0.2, -0.15) is 50.9 Å². The molecule has 10 nitrogen and oxygen atoms in total. The molecule has 2 saturated heterocycles. The van der Waals surface area contributed by atoms with Crippen molar-refractivity contribution in [1.82, 2.24) is 14.8 Å². The lowest BCUT2D eigenvalue weighted by molar-refractivity contribution is -0.193. The fraction of sp³-hybridized carbons (Fsp3) is 0.538. The summed E-state index contributed by atoms with van der Waals surface area (Å²) in [5.41, 5.74) is 2.88. The van der Waals surface area contributed by atoms with Gasteiger partial charge in [-0.05, 0) is 66.4 Å². The number of carbonyl (C=O) groups is 3. The molecule has 1 unspecified atom stereocenters. The lowest BCUT2D eigenvalue weighted by Gasteiger charge is -2.39. The topological polar surface area (TPSA) is 140 Å². The number of likely N-dealkylation sites (N-methyl/N-ethyl adjacent to an activating group) is 1. The lowest BCUT2D eigenvalue weighted by atomic mass is 9.87. The Morgan fingerprint density at radius 2 is 1.35 bits per heavy atom. The molecule has 0 saturated carbocycles. The Balaban J connectivity index is 0.000000413. The molecule has 2 aliphatic heterocycles. The van der Waals surface area contributed by atoms with Gasteiger partial charge in [-0.3, -0.25) is 14.8 Å². The molecular formula is C26H30F9N3O7S. The van der Waals surface area contributed by atoms with E-state index in [1.807, 2.05) is 12.4 Å². The maximum Gasteiger partial charge on any atom is 0.490 e. The molecule has 2 aromatic heterocycles. The Bertz CT molecular complexity index is 1160. The monoisotopic (exact) mass is 699 g/mol. The lowest BCUT2D eigenvalue weighted by Crippen LogP contribution is -2.44. The second-order valence-corrected chi connectivity index (χ2v) is 10.7. The van der Waals surface area contributed by atoms with Gasteiger partial charge >= 0.3 is 36.4 Å². The van der Waals surface area contributed by atoms with Crippen molar-refractivity contribution in [2.24, 2.45) is 0 Å². The van der Waals surface area contributed by atoms with E-state index in [1.54, 1.807) is 11.3 Å². The third-order valence-corrected chi connectivity index (χ3v) is 7.21. The second-order valence-electron chi connectivity index (χ2n) is 9.94. The highest BCUT2D eigenvalue weighted by molar-refractivity contribution is 7.07. The fourth-order valence-electron chi connectivity index (χ4n) is 4.12. The Morgan fingerprint density at radius 3 is 1.74 bits per heavy atom. The van der Waals surface area contributed by atoms with Crippen LogP contribution in [-0.2, 0) is 32.2 Å². The van der Waals surface area contributed by atoms with Crippen molar-refractivity contribution in [2.75, 3.05) is 26.7 Å². The van der Waals surface area contributed by atoms with Gasteiger partial charge in [0.25, 0.3) is 0 Å². The zero-order chi connectivity index (χ0) is 35.3. The number of pyridine rings is 1. The van der Waals surface area contributed by atoms with Gasteiger partial charge in [0.05, 0.1) is 12.2 Å². The molecule has 2 fully saturated rings. The van der Waals surface area contributed by atoms with Gasteiger partial charge in [0.2, 0.25) is 0 Å². The molecule has 4 heterocycles. The molecule has 3 N–H and O–H groups in total. The highest BCUT2D eigenvalue weighted by Crippen LogP contribution is 2.38. The van der Waals surface area contributed by atoms with Crippen molar-refractivity contribution in [1.29, 1.82) is 0 Å². The Labute approximate surface area is 260 Å². The third-order valence-electron chi connectivity index (χ3n) is 6.48. The minimum atomic E-state index is -5.08. The van der Waals surface area contributed by atoms with Crippen LogP contribution in [0.4, 0.5) is 39.5 Å². The smallest absolute Gasteiger partial charge is 0.475 e. The van der Waals surface area contributed by atoms with Crippen LogP contribution < -0.4 is 0 Å². The minimum Gasteiger partial charge on any atom is -0.475 e. The predicted molar refractivity (Wildman–Crippen MR) is 143 cm³/mol. The number of thiophene rings is 1. The van der Waals surface area contributed by atoms with Crippen molar-refractivity contribution in [2.45, 2.75) is 62.5 Å². The highest BCUT2D eigenvalue weighted by Gasteiger charge is 2.44. The van der Waals surface area contributed by atoms with E-state index < -0.39 is 36.4 Å². The van der Waals surface area contributed by atoms with E-state index in [0.29, 0.717) is 6.04 Å². The molecule has 2 aromatic rings. The molecule has 1 atom stereocenters. The summed E-state index contributed by atoms with van der Waals surface area (Å²) >= 11 is 1.79. The summed E-state index contributed by atoms with van der Waals surface area (Å²) in [6.07, 6.45) is -8.01. The average Bonchev–Trinajstić information content (AvgIpc) is 3.61. The summed E-state index contributed by atoms with van der Waals surface area (Å²) in [5, 5.41) is 25.8. The number of aliphatic carboxylic acids is 3. The highest BCUT2D eigenvalue weighted by atomic mass is 32.1. The van der Waals surface area contributed by atoms with Crippen LogP contribution in [0.25, 0.3) is 0 Å². The van der Waals surface area contributed by atoms with E-state index in [-0.39, 0.29) is 5.60 Å². The van der Waals surface area contributed by atoms with Gasteiger partial charge < -0.3 is 20.1 Å². The SMILES string of the molecule is CN(Cc1ccncc1)C1COC2(CCN(Cc3ccsc3)CC2)C1.O=C(O)C(F)(F)F.O=C(O)C(F)(F)F.O=C(O)C(F)(F)F.